The molecule has 2 heterocycles. The molecule has 8 nitrogen and oxygen atoms in total. The van der Waals surface area contributed by atoms with Crippen LogP contribution < -0.4 is 5.32 Å². The van der Waals surface area contributed by atoms with Crippen LogP contribution in [0.15, 0.2) is 36.5 Å². The van der Waals surface area contributed by atoms with Crippen molar-refractivity contribution < 1.29 is 14.7 Å². The van der Waals surface area contributed by atoms with Crippen LogP contribution in [0, 0.1) is 12.8 Å². The summed E-state index contributed by atoms with van der Waals surface area (Å²) in [7, 11) is 0. The van der Waals surface area contributed by atoms with Crippen LogP contribution in [-0.4, -0.2) is 43.5 Å². The number of hydrogen-bond acceptors (Lipinski definition) is 5. The fourth-order valence-corrected chi connectivity index (χ4v) is 3.00. The van der Waals surface area contributed by atoms with E-state index in [9.17, 15) is 14.7 Å². The highest BCUT2D eigenvalue weighted by atomic mass is 16.4. The molecule has 1 aromatic carbocycles. The molecule has 3 rings (SSSR count). The van der Waals surface area contributed by atoms with Gasteiger partial charge >= 0.3 is 5.97 Å². The third-order valence-electron chi connectivity index (χ3n) is 4.46. The highest BCUT2D eigenvalue weighted by molar-refractivity contribution is 5.94. The lowest BCUT2D eigenvalue weighted by molar-refractivity contribution is -0.141. The SMILES string of the molecule is CCCC(CNC(=O)c1nnn(-c2cccc3ncccc23)c1C)C(=O)O. The van der Waals surface area contributed by atoms with E-state index >= 15 is 0 Å². The third-order valence-corrected chi connectivity index (χ3v) is 4.46. The Labute approximate surface area is 156 Å². The molecule has 0 saturated heterocycles. The first kappa shape index (κ1) is 18.5. The number of aliphatic carboxylic acids is 1. The highest BCUT2D eigenvalue weighted by Gasteiger charge is 2.21. The van der Waals surface area contributed by atoms with E-state index in [0.29, 0.717) is 12.1 Å². The van der Waals surface area contributed by atoms with Gasteiger partial charge in [-0.05, 0) is 37.6 Å². The van der Waals surface area contributed by atoms with E-state index in [0.717, 1.165) is 23.0 Å². The van der Waals surface area contributed by atoms with Crippen molar-refractivity contribution in [2.45, 2.75) is 26.7 Å². The maximum Gasteiger partial charge on any atom is 0.308 e. The topological polar surface area (TPSA) is 110 Å². The maximum atomic E-state index is 12.5. The molecule has 0 aliphatic heterocycles. The fraction of sp³-hybridized carbons (Fsp3) is 0.316. The van der Waals surface area contributed by atoms with E-state index in [1.54, 1.807) is 17.8 Å². The minimum absolute atomic E-state index is 0.0620. The Balaban J connectivity index is 1.85. The number of aromatic nitrogens is 4. The molecule has 0 aliphatic carbocycles. The Morgan fingerprint density at radius 2 is 2.07 bits per heavy atom. The molecule has 8 heteroatoms. The Kier molecular flexibility index (Phi) is 5.44. The smallest absolute Gasteiger partial charge is 0.308 e. The van der Waals surface area contributed by atoms with Gasteiger partial charge in [0.15, 0.2) is 5.69 Å². The molecule has 0 fully saturated rings. The van der Waals surface area contributed by atoms with Gasteiger partial charge in [0.25, 0.3) is 5.91 Å². The second kappa shape index (κ2) is 7.94. The van der Waals surface area contributed by atoms with Crippen molar-refractivity contribution in [2.75, 3.05) is 6.54 Å². The molecule has 2 N–H and O–H groups in total. The molecule has 0 aliphatic rings. The molecule has 0 saturated carbocycles. The highest BCUT2D eigenvalue weighted by Crippen LogP contribution is 2.21. The lowest BCUT2D eigenvalue weighted by atomic mass is 10.0. The van der Waals surface area contributed by atoms with Crippen LogP contribution in [0.2, 0.25) is 0 Å². The first-order chi connectivity index (χ1) is 13.0. The van der Waals surface area contributed by atoms with Gasteiger partial charge in [-0.15, -0.1) is 5.10 Å². The largest absolute Gasteiger partial charge is 0.481 e. The number of carboxylic acid groups (broad SMARTS) is 1. The number of fused-ring (bicyclic) bond motifs is 1. The standard InChI is InChI=1S/C19H21N5O3/c1-3-6-13(19(26)27)11-21-18(25)17-12(2)24(23-22-17)16-9-4-8-15-14(16)7-5-10-20-15/h4-5,7-10,13H,3,6,11H2,1-2H3,(H,21,25)(H,26,27). The second-order valence-electron chi connectivity index (χ2n) is 6.32. The van der Waals surface area contributed by atoms with Gasteiger partial charge in [-0.1, -0.05) is 24.6 Å². The number of carbonyl (C=O) groups is 2. The van der Waals surface area contributed by atoms with Crippen LogP contribution in [0.4, 0.5) is 0 Å². The van der Waals surface area contributed by atoms with E-state index < -0.39 is 17.8 Å². The number of hydrogen-bond donors (Lipinski definition) is 2. The summed E-state index contributed by atoms with van der Waals surface area (Å²) >= 11 is 0. The summed E-state index contributed by atoms with van der Waals surface area (Å²) in [6, 6.07) is 9.42. The number of amides is 1. The summed E-state index contributed by atoms with van der Waals surface area (Å²) in [6.07, 6.45) is 2.95. The molecular weight excluding hydrogens is 346 g/mol. The zero-order valence-corrected chi connectivity index (χ0v) is 15.2. The van der Waals surface area contributed by atoms with Crippen molar-refractivity contribution in [1.29, 1.82) is 0 Å². The lowest BCUT2D eigenvalue weighted by Crippen LogP contribution is -2.33. The van der Waals surface area contributed by atoms with Gasteiger partial charge in [0.2, 0.25) is 0 Å². The number of carbonyl (C=O) groups excluding carboxylic acids is 1. The van der Waals surface area contributed by atoms with E-state index in [2.05, 4.69) is 20.6 Å². The van der Waals surface area contributed by atoms with Crippen LogP contribution >= 0.6 is 0 Å². The van der Waals surface area contributed by atoms with Crippen molar-refractivity contribution >= 4 is 22.8 Å². The summed E-state index contributed by atoms with van der Waals surface area (Å²) < 4.78 is 1.60. The van der Waals surface area contributed by atoms with Crippen molar-refractivity contribution in [1.82, 2.24) is 25.3 Å². The predicted molar refractivity (Wildman–Crippen MR) is 99.8 cm³/mol. The molecule has 0 radical (unpaired) electrons. The molecule has 0 bridgehead atoms. The average Bonchev–Trinajstić information content (AvgIpc) is 3.05. The molecule has 0 spiro atoms. The zero-order chi connectivity index (χ0) is 19.4. The summed E-state index contributed by atoms with van der Waals surface area (Å²) in [6.45, 7) is 3.73. The summed E-state index contributed by atoms with van der Waals surface area (Å²) in [5.74, 6) is -1.96. The number of benzene rings is 1. The van der Waals surface area contributed by atoms with Crippen molar-refractivity contribution in [3.05, 3.63) is 47.9 Å². The Morgan fingerprint density at radius 1 is 1.26 bits per heavy atom. The Hall–Kier alpha value is -3.29. The number of nitrogens with one attached hydrogen (secondary N) is 1. The average molecular weight is 367 g/mol. The zero-order valence-electron chi connectivity index (χ0n) is 15.2. The van der Waals surface area contributed by atoms with Crippen LogP contribution in [0.5, 0.6) is 0 Å². The van der Waals surface area contributed by atoms with Gasteiger partial charge in [0, 0.05) is 18.1 Å². The molecule has 2 aromatic heterocycles. The molecule has 1 unspecified atom stereocenters. The van der Waals surface area contributed by atoms with Gasteiger partial charge in [-0.3, -0.25) is 14.6 Å². The van der Waals surface area contributed by atoms with Gasteiger partial charge in [0.05, 0.1) is 22.8 Å². The van der Waals surface area contributed by atoms with Crippen molar-refractivity contribution in [3.8, 4) is 5.69 Å². The van der Waals surface area contributed by atoms with Crippen molar-refractivity contribution in [3.63, 3.8) is 0 Å². The normalized spacial score (nSPS) is 12.1. The minimum atomic E-state index is -0.916. The molecule has 27 heavy (non-hydrogen) atoms. The van der Waals surface area contributed by atoms with Crippen LogP contribution in [-0.2, 0) is 4.79 Å². The Bertz CT molecular complexity index is 977. The summed E-state index contributed by atoms with van der Waals surface area (Å²) in [4.78, 5) is 28.0. The predicted octanol–water partition coefficient (Wildman–Crippen LogP) is 2.35. The molecule has 1 atom stereocenters. The third kappa shape index (κ3) is 3.79. The number of carboxylic acids is 1. The molecular formula is C19H21N5O3. The summed E-state index contributed by atoms with van der Waals surface area (Å²) in [5, 5.41) is 20.9. The van der Waals surface area contributed by atoms with E-state index in [4.69, 9.17) is 0 Å². The second-order valence-corrected chi connectivity index (χ2v) is 6.32. The lowest BCUT2D eigenvalue weighted by Gasteiger charge is -2.12. The van der Waals surface area contributed by atoms with Crippen molar-refractivity contribution in [2.24, 2.45) is 5.92 Å². The monoisotopic (exact) mass is 367 g/mol. The first-order valence-electron chi connectivity index (χ1n) is 8.80. The van der Waals surface area contributed by atoms with Gasteiger partial charge in [-0.2, -0.15) is 0 Å². The van der Waals surface area contributed by atoms with Crippen LogP contribution in [0.25, 0.3) is 16.6 Å². The van der Waals surface area contributed by atoms with E-state index in [1.807, 2.05) is 37.3 Å². The number of rotatable bonds is 7. The Morgan fingerprint density at radius 3 is 2.81 bits per heavy atom. The minimum Gasteiger partial charge on any atom is -0.481 e. The van der Waals surface area contributed by atoms with Gasteiger partial charge < -0.3 is 10.4 Å². The number of nitrogens with zero attached hydrogens (tertiary/aromatic N) is 4. The van der Waals surface area contributed by atoms with Gasteiger partial charge in [-0.25, -0.2) is 4.68 Å². The quantitative estimate of drug-likeness (QED) is 0.663. The van der Waals surface area contributed by atoms with Gasteiger partial charge in [0.1, 0.15) is 0 Å². The maximum absolute atomic E-state index is 12.5. The molecule has 3 aromatic rings. The van der Waals surface area contributed by atoms with E-state index in [1.165, 1.54) is 0 Å². The first-order valence-corrected chi connectivity index (χ1v) is 8.80. The van der Waals surface area contributed by atoms with Crippen LogP contribution in [0.1, 0.15) is 35.9 Å². The number of pyridine rings is 1. The molecule has 1 amide bonds. The summed E-state index contributed by atoms with van der Waals surface area (Å²) in [5.41, 5.74) is 2.35. The van der Waals surface area contributed by atoms with E-state index in [-0.39, 0.29) is 12.2 Å². The fourth-order valence-electron chi connectivity index (χ4n) is 3.00. The van der Waals surface area contributed by atoms with Crippen LogP contribution in [0.3, 0.4) is 0 Å². The molecule has 140 valence electrons.